The van der Waals surface area contributed by atoms with Crippen LogP contribution in [-0.2, 0) is 4.79 Å². The molecule has 0 bridgehead atoms. The number of nitrogens with one attached hydrogen (secondary N) is 2. The number of aromatic amines is 1. The third-order valence-electron chi connectivity index (χ3n) is 4.12. The molecule has 1 aliphatic rings. The van der Waals surface area contributed by atoms with E-state index in [2.05, 4.69) is 15.5 Å². The van der Waals surface area contributed by atoms with E-state index in [1.807, 2.05) is 13.8 Å². The Bertz CT molecular complexity index is 534. The molecule has 1 aromatic heterocycles. The van der Waals surface area contributed by atoms with E-state index in [1.165, 1.54) is 6.42 Å². The molecule has 6 nitrogen and oxygen atoms in total. The van der Waals surface area contributed by atoms with Gasteiger partial charge >= 0.3 is 0 Å². The first kappa shape index (κ1) is 17.1. The highest BCUT2D eigenvalue weighted by Gasteiger charge is 2.30. The van der Waals surface area contributed by atoms with Crippen molar-refractivity contribution in [1.82, 2.24) is 15.5 Å². The Kier molecular flexibility index (Phi) is 6.14. The van der Waals surface area contributed by atoms with Crippen molar-refractivity contribution in [3.8, 4) is 0 Å². The van der Waals surface area contributed by atoms with E-state index in [0.29, 0.717) is 12.3 Å². The number of hydrogen-bond donors (Lipinski definition) is 3. The zero-order valence-corrected chi connectivity index (χ0v) is 14.0. The van der Waals surface area contributed by atoms with Crippen molar-refractivity contribution < 1.29 is 14.3 Å². The summed E-state index contributed by atoms with van der Waals surface area (Å²) in [6.45, 7) is 4.10. The van der Waals surface area contributed by atoms with Gasteiger partial charge in [-0.2, -0.15) is 0 Å². The molecule has 1 amide bonds. The number of H-pyrrole nitrogens is 1. The lowest BCUT2D eigenvalue weighted by Gasteiger charge is -2.27. The molecule has 2 unspecified atom stereocenters. The predicted octanol–water partition coefficient (Wildman–Crippen LogP) is 2.88. The van der Waals surface area contributed by atoms with Crippen molar-refractivity contribution in [2.24, 2.45) is 11.8 Å². The zero-order valence-electron chi connectivity index (χ0n) is 13.2. The van der Waals surface area contributed by atoms with Crippen LogP contribution >= 0.6 is 12.2 Å². The first-order chi connectivity index (χ1) is 10.5. The number of carbonyl (C=O) groups excluding carboxylic acids is 1. The normalized spacial score (nSPS) is 19.1. The predicted molar refractivity (Wildman–Crippen MR) is 84.6 cm³/mol. The fraction of sp³-hybridized carbons (Fsp3) is 0.800. The van der Waals surface area contributed by atoms with E-state index in [0.717, 1.165) is 25.7 Å². The lowest BCUT2D eigenvalue weighted by molar-refractivity contribution is -0.127. The van der Waals surface area contributed by atoms with Gasteiger partial charge in [-0.25, -0.2) is 5.10 Å². The molecule has 124 valence electrons. The molecule has 1 aliphatic carbocycles. The minimum absolute atomic E-state index is 0.0264. The molecular formula is C15H25N3O3S. The molecular weight excluding hydrogens is 302 g/mol. The van der Waals surface area contributed by atoms with Gasteiger partial charge in [0.15, 0.2) is 6.10 Å². The van der Waals surface area contributed by atoms with Gasteiger partial charge < -0.3 is 14.8 Å². The van der Waals surface area contributed by atoms with Crippen LogP contribution in [0.1, 0.15) is 64.4 Å². The summed E-state index contributed by atoms with van der Waals surface area (Å²) in [6, 6.07) is -0.420. The van der Waals surface area contributed by atoms with Crippen LogP contribution in [0.15, 0.2) is 4.42 Å². The zero-order chi connectivity index (χ0) is 16.1. The molecule has 0 aliphatic heterocycles. The Labute approximate surface area is 135 Å². The van der Waals surface area contributed by atoms with Crippen LogP contribution in [-0.4, -0.2) is 27.3 Å². The maximum absolute atomic E-state index is 12.4. The molecule has 7 heteroatoms. The minimum Gasteiger partial charge on any atom is -0.411 e. The monoisotopic (exact) mass is 327 g/mol. The van der Waals surface area contributed by atoms with Gasteiger partial charge in [0.2, 0.25) is 11.8 Å². The van der Waals surface area contributed by atoms with Crippen LogP contribution in [0.5, 0.6) is 0 Å². The molecule has 22 heavy (non-hydrogen) atoms. The van der Waals surface area contributed by atoms with E-state index in [9.17, 15) is 9.90 Å². The average molecular weight is 327 g/mol. The van der Waals surface area contributed by atoms with Crippen molar-refractivity contribution >= 4 is 18.1 Å². The van der Waals surface area contributed by atoms with Crippen molar-refractivity contribution in [1.29, 1.82) is 0 Å². The Morgan fingerprint density at radius 3 is 2.68 bits per heavy atom. The first-order valence-corrected chi connectivity index (χ1v) is 8.42. The number of aliphatic hydroxyl groups excluding tert-OH is 1. The van der Waals surface area contributed by atoms with Crippen LogP contribution in [0.25, 0.3) is 0 Å². The van der Waals surface area contributed by atoms with Crippen molar-refractivity contribution in [2.75, 3.05) is 0 Å². The number of rotatable bonds is 6. The number of hydrogen-bond acceptors (Lipinski definition) is 5. The maximum atomic E-state index is 12.4. The second-order valence-corrected chi connectivity index (χ2v) is 6.85. The first-order valence-electron chi connectivity index (χ1n) is 8.01. The molecule has 0 aromatic carbocycles. The molecule has 0 spiro atoms. The van der Waals surface area contributed by atoms with E-state index >= 15 is 0 Å². The Morgan fingerprint density at radius 2 is 2.14 bits per heavy atom. The van der Waals surface area contributed by atoms with E-state index in [4.69, 9.17) is 16.6 Å². The number of nitrogens with zero attached hydrogens (tertiary/aromatic N) is 1. The summed E-state index contributed by atoms with van der Waals surface area (Å²) >= 11 is 4.83. The number of aliphatic hydroxyl groups is 1. The Balaban J connectivity index is 2.04. The SMILES string of the molecule is CC(C)CC(NC(=O)C1CCCCC1)C(O)c1n[nH]c(=S)o1. The van der Waals surface area contributed by atoms with Gasteiger partial charge in [-0.05, 0) is 37.4 Å². The molecule has 0 saturated heterocycles. The third kappa shape index (κ3) is 4.64. The molecule has 2 rings (SSSR count). The highest BCUT2D eigenvalue weighted by atomic mass is 32.1. The molecule has 3 N–H and O–H groups in total. The van der Waals surface area contributed by atoms with E-state index in [1.54, 1.807) is 0 Å². The summed E-state index contributed by atoms with van der Waals surface area (Å²) in [4.78, 5) is 12.6. The van der Waals surface area contributed by atoms with E-state index in [-0.39, 0.29) is 22.6 Å². The van der Waals surface area contributed by atoms with Gasteiger partial charge in [0.1, 0.15) is 0 Å². The van der Waals surface area contributed by atoms with Gasteiger partial charge in [-0.15, -0.1) is 5.10 Å². The summed E-state index contributed by atoms with van der Waals surface area (Å²) in [7, 11) is 0. The van der Waals surface area contributed by atoms with Crippen LogP contribution in [0, 0.1) is 16.7 Å². The quantitative estimate of drug-likeness (QED) is 0.699. The maximum Gasteiger partial charge on any atom is 0.284 e. The Hall–Kier alpha value is -1.21. The van der Waals surface area contributed by atoms with Crippen molar-refractivity contribution in [3.05, 3.63) is 10.7 Å². The van der Waals surface area contributed by atoms with Crippen LogP contribution in [0.4, 0.5) is 0 Å². The fourth-order valence-electron chi connectivity index (χ4n) is 2.98. The summed E-state index contributed by atoms with van der Waals surface area (Å²) in [6.07, 6.45) is 4.92. The lowest BCUT2D eigenvalue weighted by Crippen LogP contribution is -2.43. The summed E-state index contributed by atoms with van der Waals surface area (Å²) < 4.78 is 5.18. The van der Waals surface area contributed by atoms with Gasteiger partial charge in [-0.1, -0.05) is 33.1 Å². The summed E-state index contributed by atoms with van der Waals surface area (Å²) in [5.41, 5.74) is 0. The molecule has 1 aromatic rings. The summed E-state index contributed by atoms with van der Waals surface area (Å²) in [5, 5.41) is 19.8. The molecule has 1 fully saturated rings. The highest BCUT2D eigenvalue weighted by Crippen LogP contribution is 2.26. The van der Waals surface area contributed by atoms with E-state index < -0.39 is 12.1 Å². The third-order valence-corrected chi connectivity index (χ3v) is 4.29. The van der Waals surface area contributed by atoms with Gasteiger partial charge in [0, 0.05) is 5.92 Å². The number of aromatic nitrogens is 2. The molecule has 1 heterocycles. The van der Waals surface area contributed by atoms with Crippen LogP contribution in [0.2, 0.25) is 0 Å². The van der Waals surface area contributed by atoms with Crippen molar-refractivity contribution in [2.45, 2.75) is 64.5 Å². The topological polar surface area (TPSA) is 91.1 Å². The highest BCUT2D eigenvalue weighted by molar-refractivity contribution is 7.71. The largest absolute Gasteiger partial charge is 0.411 e. The summed E-state index contributed by atoms with van der Waals surface area (Å²) in [5.74, 6) is 0.535. The molecule has 1 saturated carbocycles. The van der Waals surface area contributed by atoms with Crippen molar-refractivity contribution in [3.63, 3.8) is 0 Å². The van der Waals surface area contributed by atoms with Gasteiger partial charge in [0.25, 0.3) is 4.84 Å². The number of carbonyl (C=O) groups is 1. The second kappa shape index (κ2) is 7.87. The standard InChI is InChI=1S/C15H25N3O3S/c1-9(2)8-11(12(19)14-17-18-15(22)21-14)16-13(20)10-6-4-3-5-7-10/h9-12,19H,3-8H2,1-2H3,(H,16,20)(H,18,22). The van der Waals surface area contributed by atoms with Crippen LogP contribution in [0.3, 0.4) is 0 Å². The van der Waals surface area contributed by atoms with Crippen LogP contribution < -0.4 is 5.32 Å². The fourth-order valence-corrected chi connectivity index (χ4v) is 3.11. The Morgan fingerprint density at radius 1 is 1.45 bits per heavy atom. The number of amides is 1. The lowest BCUT2D eigenvalue weighted by atomic mass is 9.88. The minimum atomic E-state index is -0.997. The second-order valence-electron chi connectivity index (χ2n) is 6.48. The average Bonchev–Trinajstić information content (AvgIpc) is 2.92. The molecule has 2 atom stereocenters. The smallest absolute Gasteiger partial charge is 0.284 e. The molecule has 0 radical (unpaired) electrons. The van der Waals surface area contributed by atoms with Gasteiger partial charge in [0.05, 0.1) is 6.04 Å². The van der Waals surface area contributed by atoms with Gasteiger partial charge in [-0.3, -0.25) is 4.79 Å².